The molecule has 0 bridgehead atoms. The van der Waals surface area contributed by atoms with Gasteiger partial charge in [0.25, 0.3) is 0 Å². The molecule has 4 nitrogen and oxygen atoms in total. The fourth-order valence-electron chi connectivity index (χ4n) is 1.71. The first-order chi connectivity index (χ1) is 9.61. The molecular formula is C15H12FN3O. The maximum Gasteiger partial charge on any atom is 0.326 e. The van der Waals surface area contributed by atoms with Gasteiger partial charge in [0, 0.05) is 12.7 Å². The number of nitrogens with zero attached hydrogens (tertiary/aromatic N) is 2. The Hall–Kier alpha value is -2.87. The Morgan fingerprint density at radius 1 is 1.20 bits per heavy atom. The molecule has 0 aliphatic carbocycles. The molecule has 5 heteroatoms. The highest BCUT2D eigenvalue weighted by atomic mass is 19.1. The Labute approximate surface area is 116 Å². The van der Waals surface area contributed by atoms with Crippen molar-refractivity contribution in [3.8, 4) is 6.07 Å². The van der Waals surface area contributed by atoms with E-state index in [-0.39, 0.29) is 5.82 Å². The summed E-state index contributed by atoms with van der Waals surface area (Å²) >= 11 is 0. The monoisotopic (exact) mass is 269 g/mol. The lowest BCUT2D eigenvalue weighted by molar-refractivity contribution is 0.258. The molecule has 0 atom stereocenters. The number of benzene rings is 2. The maximum absolute atomic E-state index is 12.8. The van der Waals surface area contributed by atoms with Crippen LogP contribution in [0.25, 0.3) is 0 Å². The highest BCUT2D eigenvalue weighted by Crippen LogP contribution is 2.19. The molecule has 0 aliphatic heterocycles. The number of carbonyl (C=O) groups is 1. The largest absolute Gasteiger partial charge is 0.326 e. The maximum atomic E-state index is 12.8. The third-order valence-corrected chi connectivity index (χ3v) is 2.79. The number of urea groups is 1. The van der Waals surface area contributed by atoms with E-state index in [0.717, 1.165) is 0 Å². The van der Waals surface area contributed by atoms with Gasteiger partial charge in [-0.1, -0.05) is 12.1 Å². The van der Waals surface area contributed by atoms with Crippen LogP contribution in [0.1, 0.15) is 5.56 Å². The molecule has 0 heterocycles. The molecule has 2 aromatic rings. The first-order valence-corrected chi connectivity index (χ1v) is 5.91. The molecule has 100 valence electrons. The van der Waals surface area contributed by atoms with Crippen molar-refractivity contribution in [2.75, 3.05) is 17.3 Å². The Balaban J connectivity index is 2.17. The van der Waals surface area contributed by atoms with E-state index in [1.54, 1.807) is 31.3 Å². The van der Waals surface area contributed by atoms with E-state index in [0.29, 0.717) is 16.9 Å². The van der Waals surface area contributed by atoms with Gasteiger partial charge in [-0.3, -0.25) is 4.90 Å². The van der Waals surface area contributed by atoms with E-state index in [1.807, 2.05) is 6.07 Å². The molecule has 0 unspecified atom stereocenters. The SMILES string of the molecule is CN(C(=O)Nc1ccc(F)cc1)c1ccccc1C#N. The van der Waals surface area contributed by atoms with Crippen LogP contribution in [-0.4, -0.2) is 13.1 Å². The number of rotatable bonds is 2. The van der Waals surface area contributed by atoms with Crippen molar-refractivity contribution in [2.45, 2.75) is 0 Å². The van der Waals surface area contributed by atoms with E-state index in [2.05, 4.69) is 5.32 Å². The van der Waals surface area contributed by atoms with Crippen molar-refractivity contribution in [3.05, 3.63) is 59.9 Å². The standard InChI is InChI=1S/C15H12FN3O/c1-19(14-5-3-2-4-11(14)10-17)15(20)18-13-8-6-12(16)7-9-13/h2-9H,1H3,(H,18,20). The first kappa shape index (κ1) is 13.6. The zero-order valence-corrected chi connectivity index (χ0v) is 10.8. The second kappa shape index (κ2) is 5.85. The van der Waals surface area contributed by atoms with Crippen LogP contribution in [-0.2, 0) is 0 Å². The second-order valence-electron chi connectivity index (χ2n) is 4.13. The number of nitriles is 1. The summed E-state index contributed by atoms with van der Waals surface area (Å²) in [6, 6.07) is 13.9. The molecule has 2 rings (SSSR count). The number of para-hydroxylation sites is 1. The molecule has 0 saturated heterocycles. The number of anilines is 2. The third-order valence-electron chi connectivity index (χ3n) is 2.79. The number of hydrogen-bond acceptors (Lipinski definition) is 2. The lowest BCUT2D eigenvalue weighted by Gasteiger charge is -2.19. The topological polar surface area (TPSA) is 56.1 Å². The highest BCUT2D eigenvalue weighted by molar-refractivity contribution is 6.02. The van der Waals surface area contributed by atoms with Crippen molar-refractivity contribution < 1.29 is 9.18 Å². The second-order valence-corrected chi connectivity index (χ2v) is 4.13. The van der Waals surface area contributed by atoms with Crippen LogP contribution in [0.3, 0.4) is 0 Å². The van der Waals surface area contributed by atoms with Crippen molar-refractivity contribution >= 4 is 17.4 Å². The van der Waals surface area contributed by atoms with E-state index >= 15 is 0 Å². The van der Waals surface area contributed by atoms with Gasteiger partial charge in [-0.15, -0.1) is 0 Å². The quantitative estimate of drug-likeness (QED) is 0.908. The molecular weight excluding hydrogens is 257 g/mol. The van der Waals surface area contributed by atoms with Gasteiger partial charge >= 0.3 is 6.03 Å². The van der Waals surface area contributed by atoms with Crippen molar-refractivity contribution in [1.82, 2.24) is 0 Å². The molecule has 0 aromatic heterocycles. The Morgan fingerprint density at radius 3 is 2.50 bits per heavy atom. The Kier molecular flexibility index (Phi) is 3.96. The van der Waals surface area contributed by atoms with Crippen LogP contribution in [0.5, 0.6) is 0 Å². The lowest BCUT2D eigenvalue weighted by Crippen LogP contribution is -2.31. The van der Waals surface area contributed by atoms with Crippen molar-refractivity contribution in [2.24, 2.45) is 0 Å². The normalized spacial score (nSPS) is 9.65. The van der Waals surface area contributed by atoms with E-state index < -0.39 is 6.03 Å². The zero-order valence-electron chi connectivity index (χ0n) is 10.8. The molecule has 2 aromatic carbocycles. The summed E-state index contributed by atoms with van der Waals surface area (Å²) in [5, 5.41) is 11.6. The Morgan fingerprint density at radius 2 is 1.85 bits per heavy atom. The predicted molar refractivity (Wildman–Crippen MR) is 75.0 cm³/mol. The molecule has 0 aliphatic rings. The minimum atomic E-state index is -0.403. The molecule has 2 amide bonds. The average Bonchev–Trinajstić information content (AvgIpc) is 2.48. The smallest absolute Gasteiger partial charge is 0.308 e. The zero-order chi connectivity index (χ0) is 14.5. The highest BCUT2D eigenvalue weighted by Gasteiger charge is 2.14. The van der Waals surface area contributed by atoms with Gasteiger partial charge in [0.1, 0.15) is 11.9 Å². The number of amides is 2. The minimum absolute atomic E-state index is 0.369. The molecule has 1 N–H and O–H groups in total. The van der Waals surface area contributed by atoms with Gasteiger partial charge in [0.15, 0.2) is 0 Å². The summed E-state index contributed by atoms with van der Waals surface area (Å²) < 4.78 is 12.8. The number of nitrogens with one attached hydrogen (secondary N) is 1. The first-order valence-electron chi connectivity index (χ1n) is 5.91. The van der Waals surface area contributed by atoms with Gasteiger partial charge in [-0.05, 0) is 36.4 Å². The number of hydrogen-bond donors (Lipinski definition) is 1. The molecule has 0 radical (unpaired) electrons. The van der Waals surface area contributed by atoms with Crippen molar-refractivity contribution in [1.29, 1.82) is 5.26 Å². The third kappa shape index (κ3) is 2.93. The van der Waals surface area contributed by atoms with Gasteiger partial charge in [-0.25, -0.2) is 9.18 Å². The summed E-state index contributed by atoms with van der Waals surface area (Å²) in [7, 11) is 1.56. The van der Waals surface area contributed by atoms with Crippen LogP contribution in [0.4, 0.5) is 20.6 Å². The molecule has 0 spiro atoms. The fourth-order valence-corrected chi connectivity index (χ4v) is 1.71. The summed E-state index contributed by atoms with van der Waals surface area (Å²) in [6.07, 6.45) is 0. The van der Waals surface area contributed by atoms with Crippen LogP contribution in [0, 0.1) is 17.1 Å². The summed E-state index contributed by atoms with van der Waals surface area (Å²) in [4.78, 5) is 13.4. The summed E-state index contributed by atoms with van der Waals surface area (Å²) in [5.41, 5.74) is 1.40. The van der Waals surface area contributed by atoms with Gasteiger partial charge in [0.05, 0.1) is 11.3 Å². The predicted octanol–water partition coefficient (Wildman–Crippen LogP) is 3.37. The Bertz CT molecular complexity index is 662. The van der Waals surface area contributed by atoms with E-state index in [4.69, 9.17) is 5.26 Å². The average molecular weight is 269 g/mol. The minimum Gasteiger partial charge on any atom is -0.308 e. The van der Waals surface area contributed by atoms with Crippen LogP contribution in [0.2, 0.25) is 0 Å². The molecule has 20 heavy (non-hydrogen) atoms. The lowest BCUT2D eigenvalue weighted by atomic mass is 10.2. The fraction of sp³-hybridized carbons (Fsp3) is 0.0667. The van der Waals surface area contributed by atoms with Gasteiger partial charge in [-0.2, -0.15) is 5.26 Å². The molecule has 0 fully saturated rings. The van der Waals surface area contributed by atoms with Gasteiger partial charge < -0.3 is 5.32 Å². The van der Waals surface area contributed by atoms with Gasteiger partial charge in [0.2, 0.25) is 0 Å². The summed E-state index contributed by atoms with van der Waals surface area (Å²) in [5.74, 6) is -0.369. The van der Waals surface area contributed by atoms with Crippen LogP contribution < -0.4 is 10.2 Å². The molecule has 0 saturated carbocycles. The van der Waals surface area contributed by atoms with Crippen LogP contribution >= 0.6 is 0 Å². The van der Waals surface area contributed by atoms with Crippen molar-refractivity contribution in [3.63, 3.8) is 0 Å². The van der Waals surface area contributed by atoms with E-state index in [1.165, 1.54) is 29.2 Å². The summed E-state index contributed by atoms with van der Waals surface area (Å²) in [6.45, 7) is 0. The van der Waals surface area contributed by atoms with Crippen LogP contribution in [0.15, 0.2) is 48.5 Å². The van der Waals surface area contributed by atoms with E-state index in [9.17, 15) is 9.18 Å². The number of carbonyl (C=O) groups excluding carboxylic acids is 1. The number of halogens is 1.